The molecule has 162 valence electrons. The van der Waals surface area contributed by atoms with Crippen molar-refractivity contribution in [3.05, 3.63) is 71.8 Å². The van der Waals surface area contributed by atoms with Crippen LogP contribution in [0.15, 0.2) is 76.5 Å². The summed E-state index contributed by atoms with van der Waals surface area (Å²) in [7, 11) is 0. The number of hydrogen-bond donors (Lipinski definition) is 3. The van der Waals surface area contributed by atoms with Gasteiger partial charge in [-0.1, -0.05) is 90.8 Å². The van der Waals surface area contributed by atoms with E-state index in [0.29, 0.717) is 17.9 Å². The first-order valence-corrected chi connectivity index (χ1v) is 10.8. The molecule has 1 aliphatic rings. The van der Waals surface area contributed by atoms with Gasteiger partial charge in [0.2, 0.25) is 5.91 Å². The number of carbonyl (C=O) groups is 1. The van der Waals surface area contributed by atoms with Gasteiger partial charge in [-0.15, -0.1) is 5.10 Å². The van der Waals surface area contributed by atoms with Crippen molar-refractivity contribution in [3.8, 4) is 11.1 Å². The van der Waals surface area contributed by atoms with E-state index in [4.69, 9.17) is 22.9 Å². The van der Waals surface area contributed by atoms with E-state index in [9.17, 15) is 4.79 Å². The van der Waals surface area contributed by atoms with Gasteiger partial charge < -0.3 is 11.1 Å². The Bertz CT molecular complexity index is 950. The minimum absolute atomic E-state index is 0.0964. The smallest absolute Gasteiger partial charge is 0.227 e. The summed E-state index contributed by atoms with van der Waals surface area (Å²) in [5.74, 6) is 0.00849. The van der Waals surface area contributed by atoms with Crippen LogP contribution in [-0.2, 0) is 11.2 Å². The Hall–Kier alpha value is -2.99. The second kappa shape index (κ2) is 10.4. The van der Waals surface area contributed by atoms with Crippen molar-refractivity contribution >= 4 is 23.3 Å². The lowest BCUT2D eigenvalue weighted by Crippen LogP contribution is -2.51. The van der Waals surface area contributed by atoms with Gasteiger partial charge in [0.05, 0.1) is 11.5 Å². The molecule has 2 aromatic rings. The number of nitrogens with two attached hydrogens (primary N) is 1. The third-order valence-electron chi connectivity index (χ3n) is 5.90. The van der Waals surface area contributed by atoms with E-state index in [-0.39, 0.29) is 11.7 Å². The average molecular weight is 438 g/mol. The van der Waals surface area contributed by atoms with Crippen molar-refractivity contribution in [3.63, 3.8) is 0 Å². The maximum atomic E-state index is 13.3. The van der Waals surface area contributed by atoms with Crippen molar-refractivity contribution < 1.29 is 4.79 Å². The van der Waals surface area contributed by atoms with E-state index in [0.717, 1.165) is 42.4 Å². The highest BCUT2D eigenvalue weighted by molar-refractivity contribution is 6.29. The molecule has 1 unspecified atom stereocenters. The van der Waals surface area contributed by atoms with E-state index in [1.54, 1.807) is 0 Å². The number of allylic oxidation sites excluding steroid dienone is 1. The molecule has 2 aromatic carbocycles. The Morgan fingerprint density at radius 1 is 1.13 bits per heavy atom. The highest BCUT2D eigenvalue weighted by Gasteiger charge is 2.42. The van der Waals surface area contributed by atoms with Gasteiger partial charge in [0, 0.05) is 5.03 Å². The molecule has 0 aromatic heterocycles. The number of amides is 1. The van der Waals surface area contributed by atoms with E-state index in [2.05, 4.69) is 34.4 Å². The molecule has 0 heterocycles. The van der Waals surface area contributed by atoms with Crippen LogP contribution in [0.2, 0.25) is 0 Å². The molecule has 0 spiro atoms. The quantitative estimate of drug-likeness (QED) is 0.212. The highest BCUT2D eigenvalue weighted by atomic mass is 35.5. The van der Waals surface area contributed by atoms with Crippen LogP contribution in [0, 0.1) is 10.9 Å². The lowest BCUT2D eigenvalue weighted by atomic mass is 9.81. The predicted octanol–water partition coefficient (Wildman–Crippen LogP) is 5.39. The Labute approximate surface area is 188 Å². The zero-order valence-corrected chi connectivity index (χ0v) is 18.2. The third-order valence-corrected chi connectivity index (χ3v) is 6.03. The first-order chi connectivity index (χ1) is 14.9. The van der Waals surface area contributed by atoms with E-state index >= 15 is 0 Å². The molecule has 7 heteroatoms. The summed E-state index contributed by atoms with van der Waals surface area (Å²) in [4.78, 5) is 13.3. The van der Waals surface area contributed by atoms with Gasteiger partial charge in [0.1, 0.15) is 5.84 Å². The fraction of sp³-hybridized carbons (Fsp3) is 0.333. The third kappa shape index (κ3) is 5.79. The maximum Gasteiger partial charge on any atom is 0.227 e. The number of amidine groups is 1. The molecule has 1 amide bonds. The average Bonchev–Trinajstić information content (AvgIpc) is 3.23. The van der Waals surface area contributed by atoms with E-state index in [1.165, 1.54) is 0 Å². The number of carbonyl (C=O) groups excluding carboxylic acids is 1. The highest BCUT2D eigenvalue weighted by Crippen LogP contribution is 2.43. The topological polar surface area (TPSA) is 104 Å². The number of nitrogens with zero attached hydrogens (tertiary/aromatic N) is 2. The van der Waals surface area contributed by atoms with Crippen LogP contribution < -0.4 is 11.1 Å². The number of rotatable bonds is 9. The molecule has 0 saturated heterocycles. The second-order valence-corrected chi connectivity index (χ2v) is 8.63. The van der Waals surface area contributed by atoms with Crippen LogP contribution >= 0.6 is 11.6 Å². The van der Waals surface area contributed by atoms with Gasteiger partial charge in [0.15, 0.2) is 0 Å². The Kier molecular flexibility index (Phi) is 7.58. The minimum atomic E-state index is -0.565. The molecule has 0 aliphatic heterocycles. The summed E-state index contributed by atoms with van der Waals surface area (Å²) in [6, 6.07) is 17.7. The number of benzene rings is 2. The van der Waals surface area contributed by atoms with Gasteiger partial charge in [-0.05, 0) is 42.4 Å². The first kappa shape index (κ1) is 22.7. The molecule has 0 radical (unpaired) electrons. The van der Waals surface area contributed by atoms with Crippen molar-refractivity contribution in [2.24, 2.45) is 21.5 Å². The second-order valence-electron chi connectivity index (χ2n) is 8.10. The monoisotopic (exact) mass is 437 g/mol. The largest absolute Gasteiger partial charge is 0.384 e. The van der Waals surface area contributed by atoms with Crippen molar-refractivity contribution in [1.82, 2.24) is 5.32 Å². The van der Waals surface area contributed by atoms with Crippen LogP contribution in [0.1, 0.15) is 37.7 Å². The van der Waals surface area contributed by atoms with E-state index in [1.807, 2.05) is 42.5 Å². The van der Waals surface area contributed by atoms with Crippen LogP contribution in [0.5, 0.6) is 0 Å². The minimum Gasteiger partial charge on any atom is -0.384 e. The molecule has 1 aliphatic carbocycles. The number of hydrogen-bond acceptors (Lipinski definition) is 3. The molecule has 1 atom stereocenters. The number of nitrogens with one attached hydrogen (secondary N) is 2. The summed E-state index contributed by atoms with van der Waals surface area (Å²) in [5, 5.41) is 10.3. The van der Waals surface area contributed by atoms with Gasteiger partial charge in [0.25, 0.3) is 0 Å². The first-order valence-electron chi connectivity index (χ1n) is 10.4. The molecule has 3 rings (SSSR count). The normalized spacial score (nSPS) is 16.5. The Morgan fingerprint density at radius 3 is 2.32 bits per heavy atom. The van der Waals surface area contributed by atoms with E-state index < -0.39 is 11.5 Å². The van der Waals surface area contributed by atoms with Gasteiger partial charge >= 0.3 is 0 Å². The van der Waals surface area contributed by atoms with Crippen LogP contribution in [0.25, 0.3) is 11.1 Å². The van der Waals surface area contributed by atoms with Crippen LogP contribution in [0.4, 0.5) is 0 Å². The lowest BCUT2D eigenvalue weighted by Gasteiger charge is -2.30. The summed E-state index contributed by atoms with van der Waals surface area (Å²) in [6.45, 7) is 3.79. The molecule has 6 nitrogen and oxygen atoms in total. The molecule has 31 heavy (non-hydrogen) atoms. The fourth-order valence-electron chi connectivity index (χ4n) is 4.27. The number of halogens is 1. The molecule has 1 saturated carbocycles. The summed E-state index contributed by atoms with van der Waals surface area (Å²) < 4.78 is 0. The van der Waals surface area contributed by atoms with Gasteiger partial charge in [-0.25, -0.2) is 0 Å². The van der Waals surface area contributed by atoms with Gasteiger partial charge in [-0.2, -0.15) is 5.53 Å². The fourth-order valence-corrected chi connectivity index (χ4v) is 4.53. The molecule has 1 fully saturated rings. The Balaban J connectivity index is 1.78. The predicted molar refractivity (Wildman–Crippen MR) is 125 cm³/mol. The summed E-state index contributed by atoms with van der Waals surface area (Å²) >= 11 is 6.07. The molecule has 0 bridgehead atoms. The SMILES string of the molecule is C=C(Cl)CC1(C(=O)NC(Cc2ccc(-c3ccccc3)cc2)C(N)=NN=N)CCCC1. The van der Waals surface area contributed by atoms with Crippen LogP contribution in [-0.4, -0.2) is 17.8 Å². The maximum absolute atomic E-state index is 13.3. The zero-order chi connectivity index (χ0) is 22.3. The lowest BCUT2D eigenvalue weighted by molar-refractivity contribution is -0.131. The molecular weight excluding hydrogens is 410 g/mol. The van der Waals surface area contributed by atoms with Crippen LogP contribution in [0.3, 0.4) is 0 Å². The standard InChI is InChI=1S/C24H28ClN5O/c1-17(25)16-24(13-5-6-14-24)23(31)28-21(22(26)29-30-27)15-18-9-11-20(12-10-18)19-7-3-2-4-8-19/h2-4,7-12,21H,1,5-6,13-16H2,(H,28,31)(H3,26,27,29). The van der Waals surface area contributed by atoms with Crippen molar-refractivity contribution in [2.75, 3.05) is 0 Å². The Morgan fingerprint density at radius 2 is 1.74 bits per heavy atom. The molecule has 4 N–H and O–H groups in total. The summed E-state index contributed by atoms with van der Waals surface area (Å²) in [5.41, 5.74) is 15.8. The van der Waals surface area contributed by atoms with Gasteiger partial charge in [-0.3, -0.25) is 4.79 Å². The van der Waals surface area contributed by atoms with Crippen molar-refractivity contribution in [1.29, 1.82) is 5.53 Å². The van der Waals surface area contributed by atoms with Crippen molar-refractivity contribution in [2.45, 2.75) is 44.6 Å². The molecular formula is C24H28ClN5O. The zero-order valence-electron chi connectivity index (χ0n) is 17.5. The summed E-state index contributed by atoms with van der Waals surface area (Å²) in [6.07, 6.45) is 4.39.